The lowest BCUT2D eigenvalue weighted by atomic mass is 9.99. The molecule has 0 spiro atoms. The van der Waals surface area contributed by atoms with Crippen LogP contribution in [0.1, 0.15) is 45.1 Å². The lowest BCUT2D eigenvalue weighted by Gasteiger charge is -2.18. The third-order valence-corrected chi connectivity index (χ3v) is 4.06. The number of methoxy groups -OCH3 is 1. The minimum Gasteiger partial charge on any atom is -0.508 e. The number of phenolic OH excluding ortho intramolecular Hbond substituents is 1. The van der Waals surface area contributed by atoms with Gasteiger partial charge in [0.1, 0.15) is 11.5 Å². The Morgan fingerprint density at radius 1 is 1.29 bits per heavy atom. The highest BCUT2D eigenvalue weighted by molar-refractivity contribution is 14.0. The normalized spacial score (nSPS) is 12.2. The van der Waals surface area contributed by atoms with Crippen molar-refractivity contribution in [1.82, 2.24) is 10.6 Å². The predicted molar refractivity (Wildman–Crippen MR) is 112 cm³/mol. The second-order valence-electron chi connectivity index (χ2n) is 5.72. The zero-order valence-electron chi connectivity index (χ0n) is 15.3. The van der Waals surface area contributed by atoms with Crippen LogP contribution in [0.25, 0.3) is 0 Å². The van der Waals surface area contributed by atoms with E-state index in [1.807, 2.05) is 6.07 Å². The first kappa shape index (κ1) is 22.8. The van der Waals surface area contributed by atoms with Crippen LogP contribution in [0.2, 0.25) is 0 Å². The van der Waals surface area contributed by atoms with Gasteiger partial charge in [-0.05, 0) is 30.5 Å². The lowest BCUT2D eigenvalue weighted by molar-refractivity contribution is 0.410. The number of nitrogens with zero attached hydrogens (tertiary/aromatic N) is 1. The molecule has 3 N–H and O–H groups in total. The molecule has 0 aliphatic heterocycles. The molecule has 1 aromatic carbocycles. The van der Waals surface area contributed by atoms with E-state index in [0.717, 1.165) is 23.8 Å². The molecule has 0 saturated carbocycles. The Morgan fingerprint density at radius 3 is 2.62 bits per heavy atom. The number of unbranched alkanes of at least 4 members (excludes halogenated alkanes) is 1. The average Bonchev–Trinajstić information content (AvgIpc) is 2.58. The topological polar surface area (TPSA) is 65.9 Å². The summed E-state index contributed by atoms with van der Waals surface area (Å²) < 4.78 is 5.19. The van der Waals surface area contributed by atoms with Crippen molar-refractivity contribution < 1.29 is 9.84 Å². The van der Waals surface area contributed by atoms with E-state index >= 15 is 0 Å². The summed E-state index contributed by atoms with van der Waals surface area (Å²) in [4.78, 5) is 4.24. The van der Waals surface area contributed by atoms with Gasteiger partial charge in [-0.3, -0.25) is 4.99 Å². The molecule has 0 aliphatic carbocycles. The first-order chi connectivity index (χ1) is 11.1. The van der Waals surface area contributed by atoms with Crippen LogP contribution < -0.4 is 15.4 Å². The van der Waals surface area contributed by atoms with Gasteiger partial charge in [0.25, 0.3) is 0 Å². The number of nitrogens with one attached hydrogen (secondary N) is 2. The van der Waals surface area contributed by atoms with E-state index in [1.54, 1.807) is 26.3 Å². The summed E-state index contributed by atoms with van der Waals surface area (Å²) in [7, 11) is 3.37. The van der Waals surface area contributed by atoms with Gasteiger partial charge in [-0.15, -0.1) is 24.0 Å². The number of halogens is 1. The van der Waals surface area contributed by atoms with Gasteiger partial charge in [0.2, 0.25) is 0 Å². The summed E-state index contributed by atoms with van der Waals surface area (Å²) in [5.74, 6) is 2.40. The van der Waals surface area contributed by atoms with Crippen LogP contribution in [0.3, 0.4) is 0 Å². The molecule has 0 heterocycles. The molecule has 6 heteroatoms. The van der Waals surface area contributed by atoms with Crippen molar-refractivity contribution >= 4 is 29.9 Å². The molecule has 0 amide bonds. The Hall–Kier alpha value is -1.18. The number of rotatable bonds is 9. The molecule has 0 fully saturated rings. The summed E-state index contributed by atoms with van der Waals surface area (Å²) >= 11 is 0. The molecule has 138 valence electrons. The Balaban J connectivity index is 0.00000529. The molecule has 1 unspecified atom stereocenters. The van der Waals surface area contributed by atoms with Crippen molar-refractivity contribution in [1.29, 1.82) is 0 Å². The number of aliphatic imine (C=N–C) groups is 1. The third kappa shape index (κ3) is 8.08. The van der Waals surface area contributed by atoms with E-state index in [0.29, 0.717) is 12.5 Å². The molecule has 0 saturated heterocycles. The maximum atomic E-state index is 9.91. The zero-order valence-corrected chi connectivity index (χ0v) is 17.6. The minimum absolute atomic E-state index is 0. The van der Waals surface area contributed by atoms with E-state index in [4.69, 9.17) is 4.74 Å². The Morgan fingerprint density at radius 2 is 2.04 bits per heavy atom. The van der Waals surface area contributed by atoms with Gasteiger partial charge < -0.3 is 20.5 Å². The number of ether oxygens (including phenoxy) is 1. The van der Waals surface area contributed by atoms with Crippen molar-refractivity contribution in [2.75, 3.05) is 20.7 Å². The number of phenols is 1. The van der Waals surface area contributed by atoms with Gasteiger partial charge in [0.05, 0.1) is 7.11 Å². The summed E-state index contributed by atoms with van der Waals surface area (Å²) in [5, 5.41) is 16.5. The van der Waals surface area contributed by atoms with Crippen molar-refractivity contribution in [3.05, 3.63) is 23.8 Å². The number of hydrogen-bond donors (Lipinski definition) is 3. The zero-order chi connectivity index (χ0) is 17.1. The molecule has 1 atom stereocenters. The highest BCUT2D eigenvalue weighted by Crippen LogP contribution is 2.22. The summed E-state index contributed by atoms with van der Waals surface area (Å²) in [6.07, 6.45) is 4.91. The number of benzene rings is 1. The molecule has 0 bridgehead atoms. The van der Waals surface area contributed by atoms with Crippen molar-refractivity contribution in [3.63, 3.8) is 0 Å². The predicted octanol–water partition coefficient (Wildman–Crippen LogP) is 3.90. The molecule has 0 aromatic heterocycles. The second kappa shape index (κ2) is 13.1. The van der Waals surface area contributed by atoms with Gasteiger partial charge in [-0.2, -0.15) is 0 Å². The van der Waals surface area contributed by atoms with Crippen LogP contribution in [-0.2, 0) is 6.54 Å². The maximum absolute atomic E-state index is 9.91. The van der Waals surface area contributed by atoms with Gasteiger partial charge in [0.15, 0.2) is 5.96 Å². The third-order valence-electron chi connectivity index (χ3n) is 4.06. The SMILES string of the molecule is CCCCC(CC)CNC(=NC)NCc1cc(OC)ccc1O.I. The Bertz CT molecular complexity index is 495. The van der Waals surface area contributed by atoms with Crippen LogP contribution in [0, 0.1) is 5.92 Å². The summed E-state index contributed by atoms with van der Waals surface area (Å²) in [5.41, 5.74) is 0.783. The maximum Gasteiger partial charge on any atom is 0.191 e. The standard InChI is InChI=1S/C18H31N3O2.HI/c1-5-7-8-14(6-2)12-20-18(19-3)21-13-15-11-16(23-4)9-10-17(15)22;/h9-11,14,22H,5-8,12-13H2,1-4H3,(H2,19,20,21);1H. The van der Waals surface area contributed by atoms with Gasteiger partial charge in [0, 0.05) is 25.7 Å². The van der Waals surface area contributed by atoms with E-state index in [1.165, 1.54) is 25.7 Å². The molecule has 24 heavy (non-hydrogen) atoms. The van der Waals surface area contributed by atoms with E-state index in [-0.39, 0.29) is 29.7 Å². The summed E-state index contributed by atoms with van der Waals surface area (Å²) in [6, 6.07) is 5.21. The fourth-order valence-electron chi connectivity index (χ4n) is 2.41. The quantitative estimate of drug-likeness (QED) is 0.304. The fourth-order valence-corrected chi connectivity index (χ4v) is 2.41. The molecule has 0 aliphatic rings. The van der Waals surface area contributed by atoms with Crippen molar-refractivity contribution in [2.24, 2.45) is 10.9 Å². The number of guanidine groups is 1. The second-order valence-corrected chi connectivity index (χ2v) is 5.72. The fraction of sp³-hybridized carbons (Fsp3) is 0.611. The van der Waals surface area contributed by atoms with Gasteiger partial charge >= 0.3 is 0 Å². The first-order valence-corrected chi connectivity index (χ1v) is 8.44. The highest BCUT2D eigenvalue weighted by atomic mass is 127. The molecule has 0 radical (unpaired) electrons. The molecular formula is C18H32IN3O2. The summed E-state index contributed by atoms with van der Waals surface area (Å²) in [6.45, 7) is 5.86. The first-order valence-electron chi connectivity index (χ1n) is 8.44. The van der Waals surface area contributed by atoms with E-state index in [9.17, 15) is 5.11 Å². The lowest BCUT2D eigenvalue weighted by Crippen LogP contribution is -2.39. The van der Waals surface area contributed by atoms with Crippen LogP contribution in [0.15, 0.2) is 23.2 Å². The largest absolute Gasteiger partial charge is 0.508 e. The smallest absolute Gasteiger partial charge is 0.191 e. The monoisotopic (exact) mass is 449 g/mol. The van der Waals surface area contributed by atoms with Crippen LogP contribution in [0.4, 0.5) is 0 Å². The van der Waals surface area contributed by atoms with E-state index in [2.05, 4.69) is 29.5 Å². The molecule has 1 rings (SSSR count). The van der Waals surface area contributed by atoms with Gasteiger partial charge in [-0.25, -0.2) is 0 Å². The van der Waals surface area contributed by atoms with Crippen molar-refractivity contribution in [2.45, 2.75) is 46.1 Å². The molecule has 1 aromatic rings. The van der Waals surface area contributed by atoms with Gasteiger partial charge in [-0.1, -0.05) is 33.1 Å². The Labute approximate surface area is 163 Å². The molecular weight excluding hydrogens is 417 g/mol. The minimum atomic E-state index is 0. The average molecular weight is 449 g/mol. The number of hydrogen-bond acceptors (Lipinski definition) is 3. The van der Waals surface area contributed by atoms with Crippen LogP contribution >= 0.6 is 24.0 Å². The van der Waals surface area contributed by atoms with Crippen LogP contribution in [-0.4, -0.2) is 31.8 Å². The Kier molecular flexibility index (Phi) is 12.5. The van der Waals surface area contributed by atoms with Crippen LogP contribution in [0.5, 0.6) is 11.5 Å². The highest BCUT2D eigenvalue weighted by Gasteiger charge is 2.08. The van der Waals surface area contributed by atoms with Crippen molar-refractivity contribution in [3.8, 4) is 11.5 Å². The van der Waals surface area contributed by atoms with E-state index < -0.39 is 0 Å². The molecule has 5 nitrogen and oxygen atoms in total. The number of aromatic hydroxyl groups is 1.